The van der Waals surface area contributed by atoms with Crippen LogP contribution in [-0.2, 0) is 0 Å². The summed E-state index contributed by atoms with van der Waals surface area (Å²) < 4.78 is 6.03. The van der Waals surface area contributed by atoms with Gasteiger partial charge in [-0.15, -0.1) is 0 Å². The Kier molecular flexibility index (Phi) is 3.48. The van der Waals surface area contributed by atoms with Crippen LogP contribution in [0, 0.1) is 3.57 Å². The Balaban J connectivity index is 2.47. The zero-order chi connectivity index (χ0) is 14.1. The highest BCUT2D eigenvalue weighted by atomic mass is 127. The minimum Gasteiger partial charge on any atom is -0.495 e. The summed E-state index contributed by atoms with van der Waals surface area (Å²) in [6.07, 6.45) is 0. The van der Waals surface area contributed by atoms with E-state index in [4.69, 9.17) is 4.74 Å². The standard InChI is InChI=1S/C16H12INO2/c1-20-12-9-5-8-11-13(10-6-3-2-4-7-10)14(17)16(19)18-15(11)12/h2-9H,1H3,(H,18,19). The Labute approximate surface area is 129 Å². The molecule has 2 aromatic carbocycles. The van der Waals surface area contributed by atoms with Crippen LogP contribution in [-0.4, -0.2) is 12.1 Å². The van der Waals surface area contributed by atoms with Gasteiger partial charge in [0.05, 0.1) is 16.2 Å². The second-order valence-electron chi connectivity index (χ2n) is 4.39. The van der Waals surface area contributed by atoms with Gasteiger partial charge in [0.15, 0.2) is 0 Å². The third-order valence-corrected chi connectivity index (χ3v) is 4.26. The molecule has 0 aliphatic rings. The zero-order valence-corrected chi connectivity index (χ0v) is 13.0. The second-order valence-corrected chi connectivity index (χ2v) is 5.47. The third kappa shape index (κ3) is 2.10. The van der Waals surface area contributed by atoms with Crippen molar-refractivity contribution in [3.8, 4) is 16.9 Å². The van der Waals surface area contributed by atoms with Crippen LogP contribution >= 0.6 is 22.6 Å². The smallest absolute Gasteiger partial charge is 0.262 e. The molecule has 0 amide bonds. The summed E-state index contributed by atoms with van der Waals surface area (Å²) in [6.45, 7) is 0. The summed E-state index contributed by atoms with van der Waals surface area (Å²) in [7, 11) is 1.60. The van der Waals surface area contributed by atoms with Crippen molar-refractivity contribution in [1.82, 2.24) is 4.98 Å². The maximum Gasteiger partial charge on any atom is 0.262 e. The van der Waals surface area contributed by atoms with Crippen molar-refractivity contribution in [3.05, 3.63) is 62.5 Å². The van der Waals surface area contributed by atoms with Gasteiger partial charge in [-0.05, 0) is 34.2 Å². The van der Waals surface area contributed by atoms with Gasteiger partial charge in [-0.25, -0.2) is 0 Å². The van der Waals surface area contributed by atoms with Gasteiger partial charge in [0, 0.05) is 10.9 Å². The number of fused-ring (bicyclic) bond motifs is 1. The number of aromatic amines is 1. The van der Waals surface area contributed by atoms with E-state index in [1.54, 1.807) is 7.11 Å². The molecule has 0 fully saturated rings. The van der Waals surface area contributed by atoms with E-state index in [0.717, 1.165) is 22.0 Å². The molecule has 0 spiro atoms. The van der Waals surface area contributed by atoms with Crippen molar-refractivity contribution in [1.29, 1.82) is 0 Å². The topological polar surface area (TPSA) is 42.1 Å². The van der Waals surface area contributed by atoms with E-state index in [0.29, 0.717) is 9.32 Å². The number of methoxy groups -OCH3 is 1. The minimum absolute atomic E-state index is 0.0959. The van der Waals surface area contributed by atoms with E-state index < -0.39 is 0 Å². The number of halogens is 1. The lowest BCUT2D eigenvalue weighted by molar-refractivity contribution is 0.419. The van der Waals surface area contributed by atoms with E-state index in [2.05, 4.69) is 27.6 Å². The molecule has 0 aliphatic heterocycles. The SMILES string of the molecule is COc1cccc2c(-c3ccccc3)c(I)c(=O)[nH]c12. The molecule has 20 heavy (non-hydrogen) atoms. The van der Waals surface area contributed by atoms with Gasteiger partial charge in [-0.3, -0.25) is 4.79 Å². The molecule has 3 aromatic rings. The number of para-hydroxylation sites is 1. The van der Waals surface area contributed by atoms with Crippen LogP contribution in [0.4, 0.5) is 0 Å². The number of benzene rings is 2. The highest BCUT2D eigenvalue weighted by Gasteiger charge is 2.14. The van der Waals surface area contributed by atoms with Crippen molar-refractivity contribution < 1.29 is 4.74 Å². The Hall–Kier alpha value is -1.82. The molecule has 100 valence electrons. The number of hydrogen-bond acceptors (Lipinski definition) is 2. The van der Waals surface area contributed by atoms with Crippen molar-refractivity contribution in [2.45, 2.75) is 0 Å². The summed E-state index contributed by atoms with van der Waals surface area (Å²) in [5, 5.41) is 0.986. The van der Waals surface area contributed by atoms with E-state index in [-0.39, 0.29) is 5.56 Å². The number of nitrogens with one attached hydrogen (secondary N) is 1. The molecular formula is C16H12INO2. The van der Waals surface area contributed by atoms with Crippen molar-refractivity contribution in [2.24, 2.45) is 0 Å². The molecule has 0 bridgehead atoms. The van der Waals surface area contributed by atoms with Gasteiger partial charge in [-0.1, -0.05) is 42.5 Å². The summed E-state index contributed by atoms with van der Waals surface area (Å²) in [4.78, 5) is 15.1. The summed E-state index contributed by atoms with van der Waals surface area (Å²) >= 11 is 2.10. The van der Waals surface area contributed by atoms with E-state index in [1.165, 1.54) is 0 Å². The molecule has 0 unspecified atom stereocenters. The lowest BCUT2D eigenvalue weighted by Crippen LogP contribution is -2.12. The van der Waals surface area contributed by atoms with Crippen LogP contribution < -0.4 is 10.3 Å². The highest BCUT2D eigenvalue weighted by Crippen LogP contribution is 2.33. The van der Waals surface area contributed by atoms with Crippen LogP contribution in [0.3, 0.4) is 0 Å². The molecule has 4 heteroatoms. The van der Waals surface area contributed by atoms with Gasteiger partial charge in [-0.2, -0.15) is 0 Å². The normalized spacial score (nSPS) is 10.7. The van der Waals surface area contributed by atoms with E-state index in [9.17, 15) is 4.79 Å². The predicted octanol–water partition coefficient (Wildman–Crippen LogP) is 3.81. The molecule has 3 rings (SSSR count). The lowest BCUT2D eigenvalue weighted by Gasteiger charge is -2.11. The third-order valence-electron chi connectivity index (χ3n) is 3.24. The molecule has 0 saturated heterocycles. The lowest BCUT2D eigenvalue weighted by atomic mass is 10.0. The fourth-order valence-electron chi connectivity index (χ4n) is 2.33. The van der Waals surface area contributed by atoms with Gasteiger partial charge in [0.25, 0.3) is 5.56 Å². The van der Waals surface area contributed by atoms with Crippen LogP contribution in [0.5, 0.6) is 5.75 Å². The molecule has 1 heterocycles. The first-order valence-electron chi connectivity index (χ1n) is 6.16. The maximum absolute atomic E-state index is 12.2. The number of hydrogen-bond donors (Lipinski definition) is 1. The first-order chi connectivity index (χ1) is 9.72. The average Bonchev–Trinajstić information content (AvgIpc) is 2.49. The van der Waals surface area contributed by atoms with Crippen LogP contribution in [0.25, 0.3) is 22.0 Å². The Morgan fingerprint density at radius 3 is 2.50 bits per heavy atom. The number of aromatic nitrogens is 1. The first kappa shape index (κ1) is 13.2. The van der Waals surface area contributed by atoms with Gasteiger partial charge in [0.1, 0.15) is 5.75 Å². The average molecular weight is 377 g/mol. The van der Waals surface area contributed by atoms with E-state index >= 15 is 0 Å². The molecule has 3 nitrogen and oxygen atoms in total. The number of H-pyrrole nitrogens is 1. The van der Waals surface area contributed by atoms with Crippen molar-refractivity contribution in [3.63, 3.8) is 0 Å². The van der Waals surface area contributed by atoms with Crippen LogP contribution in [0.2, 0.25) is 0 Å². The second kappa shape index (κ2) is 5.28. The molecule has 0 radical (unpaired) electrons. The summed E-state index contributed by atoms with van der Waals surface area (Å²) in [5.74, 6) is 0.674. The molecule has 1 N–H and O–H groups in total. The zero-order valence-electron chi connectivity index (χ0n) is 10.8. The Morgan fingerprint density at radius 1 is 1.05 bits per heavy atom. The monoisotopic (exact) mass is 377 g/mol. The number of rotatable bonds is 2. The van der Waals surface area contributed by atoms with Gasteiger partial charge in [0.2, 0.25) is 0 Å². The Morgan fingerprint density at radius 2 is 1.80 bits per heavy atom. The fraction of sp³-hybridized carbons (Fsp3) is 0.0625. The Bertz CT molecular complexity index is 825. The highest BCUT2D eigenvalue weighted by molar-refractivity contribution is 14.1. The first-order valence-corrected chi connectivity index (χ1v) is 7.24. The molecular weight excluding hydrogens is 365 g/mol. The molecule has 0 saturated carbocycles. The molecule has 0 atom stereocenters. The largest absolute Gasteiger partial charge is 0.495 e. The molecule has 1 aromatic heterocycles. The predicted molar refractivity (Wildman–Crippen MR) is 89.3 cm³/mol. The number of ether oxygens (including phenoxy) is 1. The van der Waals surface area contributed by atoms with Gasteiger partial charge < -0.3 is 9.72 Å². The maximum atomic E-state index is 12.2. The quantitative estimate of drug-likeness (QED) is 0.691. The van der Waals surface area contributed by atoms with Gasteiger partial charge >= 0.3 is 0 Å². The fourth-order valence-corrected chi connectivity index (χ4v) is 3.06. The summed E-state index contributed by atoms with van der Waals surface area (Å²) in [6, 6.07) is 15.7. The minimum atomic E-state index is -0.0959. The van der Waals surface area contributed by atoms with Crippen LogP contribution in [0.1, 0.15) is 0 Å². The molecule has 0 aliphatic carbocycles. The van der Waals surface area contributed by atoms with Crippen molar-refractivity contribution in [2.75, 3.05) is 7.11 Å². The number of pyridine rings is 1. The van der Waals surface area contributed by atoms with Crippen molar-refractivity contribution >= 4 is 33.5 Å². The summed E-state index contributed by atoms with van der Waals surface area (Å²) in [5.41, 5.74) is 2.62. The van der Waals surface area contributed by atoms with Crippen LogP contribution in [0.15, 0.2) is 53.3 Å². The van der Waals surface area contributed by atoms with E-state index in [1.807, 2.05) is 48.5 Å².